The Morgan fingerprint density at radius 1 is 0.917 bits per heavy atom. The molecule has 1 saturated heterocycles. The molecule has 2 aliphatic rings. The van der Waals surface area contributed by atoms with Crippen LogP contribution in [0.4, 0.5) is 15.8 Å². The van der Waals surface area contributed by atoms with Gasteiger partial charge in [-0.25, -0.2) is 4.39 Å². The van der Waals surface area contributed by atoms with Gasteiger partial charge in [0.15, 0.2) is 0 Å². The molecule has 0 aromatic heterocycles. The molecule has 0 N–H and O–H groups in total. The third kappa shape index (κ3) is 3.16. The first-order valence-electron chi connectivity index (χ1n) is 8.45. The van der Waals surface area contributed by atoms with Crippen LogP contribution < -0.4 is 4.90 Å². The van der Waals surface area contributed by atoms with Crippen molar-refractivity contribution in [3.63, 3.8) is 0 Å². The molecular formula is C19H22FN3S. The van der Waals surface area contributed by atoms with Gasteiger partial charge in [-0.2, -0.15) is 0 Å². The first-order chi connectivity index (χ1) is 11.7. The Balaban J connectivity index is 1.58. The van der Waals surface area contributed by atoms with E-state index in [0.717, 1.165) is 49.9 Å². The van der Waals surface area contributed by atoms with Crippen LogP contribution in [0, 0.1) is 5.82 Å². The van der Waals surface area contributed by atoms with Crippen molar-refractivity contribution in [1.29, 1.82) is 0 Å². The Labute approximate surface area is 147 Å². The molecule has 0 atom stereocenters. The van der Waals surface area contributed by atoms with E-state index < -0.39 is 0 Å². The summed E-state index contributed by atoms with van der Waals surface area (Å²) in [7, 11) is 2.18. The minimum Gasteiger partial charge on any atom is -0.338 e. The van der Waals surface area contributed by atoms with Crippen molar-refractivity contribution >= 4 is 23.1 Å². The van der Waals surface area contributed by atoms with Gasteiger partial charge < -0.3 is 9.80 Å². The summed E-state index contributed by atoms with van der Waals surface area (Å²) in [5, 5.41) is 0. The lowest BCUT2D eigenvalue weighted by Gasteiger charge is -2.37. The summed E-state index contributed by atoms with van der Waals surface area (Å²) < 4.78 is 13.8. The van der Waals surface area contributed by atoms with E-state index in [1.54, 1.807) is 23.9 Å². The molecule has 0 radical (unpaired) electrons. The van der Waals surface area contributed by atoms with E-state index in [-0.39, 0.29) is 5.82 Å². The monoisotopic (exact) mass is 343 g/mol. The molecule has 0 bridgehead atoms. The lowest BCUT2D eigenvalue weighted by atomic mass is 10.2. The zero-order chi connectivity index (χ0) is 16.5. The SMILES string of the molecule is CN1CCN(CCN2c3ccccc3Sc3ccc(F)cc32)CC1. The summed E-state index contributed by atoms with van der Waals surface area (Å²) >= 11 is 1.73. The highest BCUT2D eigenvalue weighted by Crippen LogP contribution is 2.47. The number of benzene rings is 2. The number of piperazine rings is 1. The fourth-order valence-corrected chi connectivity index (χ4v) is 4.43. The van der Waals surface area contributed by atoms with Crippen molar-refractivity contribution in [3.8, 4) is 0 Å². The second kappa shape index (κ2) is 6.75. The van der Waals surface area contributed by atoms with Crippen molar-refractivity contribution in [2.75, 3.05) is 51.2 Å². The Morgan fingerprint density at radius 3 is 2.50 bits per heavy atom. The van der Waals surface area contributed by atoms with E-state index in [9.17, 15) is 4.39 Å². The van der Waals surface area contributed by atoms with Crippen molar-refractivity contribution in [2.45, 2.75) is 9.79 Å². The number of anilines is 2. The molecule has 3 nitrogen and oxygen atoms in total. The molecule has 2 aliphatic heterocycles. The number of hydrogen-bond acceptors (Lipinski definition) is 4. The third-order valence-electron chi connectivity index (χ3n) is 4.82. The fourth-order valence-electron chi connectivity index (χ4n) is 3.36. The molecule has 1 fully saturated rings. The second-order valence-corrected chi connectivity index (χ2v) is 7.56. The number of para-hydroxylation sites is 1. The van der Waals surface area contributed by atoms with Crippen molar-refractivity contribution in [2.24, 2.45) is 0 Å². The maximum absolute atomic E-state index is 13.8. The summed E-state index contributed by atoms with van der Waals surface area (Å²) in [6.45, 7) is 6.35. The smallest absolute Gasteiger partial charge is 0.125 e. The molecule has 5 heteroatoms. The number of fused-ring (bicyclic) bond motifs is 2. The maximum atomic E-state index is 13.8. The third-order valence-corrected chi connectivity index (χ3v) is 5.95. The Bertz CT molecular complexity index is 728. The minimum atomic E-state index is -0.168. The van der Waals surface area contributed by atoms with Crippen LogP contribution in [0.1, 0.15) is 0 Å². The van der Waals surface area contributed by atoms with Crippen molar-refractivity contribution in [3.05, 3.63) is 48.3 Å². The summed E-state index contributed by atoms with van der Waals surface area (Å²) in [5.74, 6) is -0.168. The number of hydrogen-bond donors (Lipinski definition) is 0. The van der Waals surface area contributed by atoms with E-state index in [4.69, 9.17) is 0 Å². The number of likely N-dealkylation sites (N-methyl/N-ethyl adjacent to an activating group) is 1. The van der Waals surface area contributed by atoms with E-state index in [0.29, 0.717) is 0 Å². The average Bonchev–Trinajstić information content (AvgIpc) is 2.60. The molecule has 0 saturated carbocycles. The van der Waals surface area contributed by atoms with Crippen LogP contribution in [0.2, 0.25) is 0 Å². The van der Waals surface area contributed by atoms with Gasteiger partial charge in [0.05, 0.1) is 11.4 Å². The molecule has 2 aromatic rings. The van der Waals surface area contributed by atoms with Gasteiger partial charge in [0.1, 0.15) is 5.82 Å². The van der Waals surface area contributed by atoms with Crippen molar-refractivity contribution < 1.29 is 4.39 Å². The van der Waals surface area contributed by atoms with Gasteiger partial charge in [-0.15, -0.1) is 0 Å². The zero-order valence-corrected chi connectivity index (χ0v) is 14.7. The fraction of sp³-hybridized carbons (Fsp3) is 0.368. The molecular weight excluding hydrogens is 321 g/mol. The first kappa shape index (κ1) is 15.9. The van der Waals surface area contributed by atoms with Gasteiger partial charge in [0.2, 0.25) is 0 Å². The van der Waals surface area contributed by atoms with Gasteiger partial charge in [0.25, 0.3) is 0 Å². The molecule has 126 valence electrons. The molecule has 4 rings (SSSR count). The summed E-state index contributed by atoms with van der Waals surface area (Å²) in [6, 6.07) is 13.5. The van der Waals surface area contributed by atoms with Crippen LogP contribution in [0.25, 0.3) is 0 Å². The van der Waals surface area contributed by atoms with E-state index in [1.807, 2.05) is 6.07 Å². The normalized spacial score (nSPS) is 18.3. The zero-order valence-electron chi connectivity index (χ0n) is 13.9. The van der Waals surface area contributed by atoms with Crippen molar-refractivity contribution in [1.82, 2.24) is 9.80 Å². The van der Waals surface area contributed by atoms with Gasteiger partial charge >= 0.3 is 0 Å². The predicted octanol–water partition coefficient (Wildman–Crippen LogP) is 3.68. The highest BCUT2D eigenvalue weighted by atomic mass is 32.2. The van der Waals surface area contributed by atoms with Crippen LogP contribution in [0.3, 0.4) is 0 Å². The van der Waals surface area contributed by atoms with E-state index in [2.05, 4.69) is 46.0 Å². The molecule has 2 aromatic carbocycles. The standard InChI is InChI=1S/C19H22FN3S/c1-21-8-10-22(11-9-21)12-13-23-16-4-2-3-5-18(16)24-19-7-6-15(20)14-17(19)23/h2-7,14H,8-13H2,1H3. The molecule has 24 heavy (non-hydrogen) atoms. The van der Waals surface area contributed by atoms with Gasteiger partial charge in [-0.3, -0.25) is 4.90 Å². The van der Waals surface area contributed by atoms with Crippen LogP contribution in [-0.2, 0) is 0 Å². The minimum absolute atomic E-state index is 0.168. The highest BCUT2D eigenvalue weighted by molar-refractivity contribution is 7.99. The number of nitrogens with zero attached hydrogens (tertiary/aromatic N) is 3. The van der Waals surface area contributed by atoms with E-state index in [1.165, 1.54) is 10.6 Å². The quantitative estimate of drug-likeness (QED) is 0.841. The summed E-state index contributed by atoms with van der Waals surface area (Å²) in [6.07, 6.45) is 0. The summed E-state index contributed by atoms with van der Waals surface area (Å²) in [5.41, 5.74) is 2.18. The number of rotatable bonds is 3. The largest absolute Gasteiger partial charge is 0.338 e. The second-order valence-electron chi connectivity index (χ2n) is 6.48. The number of halogens is 1. The Morgan fingerprint density at radius 2 is 1.67 bits per heavy atom. The molecule has 0 amide bonds. The predicted molar refractivity (Wildman–Crippen MR) is 97.9 cm³/mol. The summed E-state index contributed by atoms with van der Waals surface area (Å²) in [4.78, 5) is 9.53. The van der Waals surface area contributed by atoms with Gasteiger partial charge in [-0.1, -0.05) is 23.9 Å². The highest BCUT2D eigenvalue weighted by Gasteiger charge is 2.24. The van der Waals surface area contributed by atoms with Crippen LogP contribution in [0.15, 0.2) is 52.3 Å². The molecule has 0 spiro atoms. The van der Waals surface area contributed by atoms with Crippen LogP contribution in [-0.4, -0.2) is 56.1 Å². The topological polar surface area (TPSA) is 9.72 Å². The lowest BCUT2D eigenvalue weighted by Crippen LogP contribution is -2.46. The van der Waals surface area contributed by atoms with E-state index >= 15 is 0 Å². The van der Waals surface area contributed by atoms with Crippen LogP contribution >= 0.6 is 11.8 Å². The Kier molecular flexibility index (Phi) is 4.48. The van der Waals surface area contributed by atoms with Crippen LogP contribution in [0.5, 0.6) is 0 Å². The Hall–Kier alpha value is -1.56. The molecule has 0 unspecified atom stereocenters. The molecule has 2 heterocycles. The first-order valence-corrected chi connectivity index (χ1v) is 9.27. The molecule has 0 aliphatic carbocycles. The van der Waals surface area contributed by atoms with Gasteiger partial charge in [0, 0.05) is 49.1 Å². The van der Waals surface area contributed by atoms with Gasteiger partial charge in [-0.05, 0) is 37.4 Å². The lowest BCUT2D eigenvalue weighted by molar-refractivity contribution is 0.157. The average molecular weight is 343 g/mol. The maximum Gasteiger partial charge on any atom is 0.125 e.